The van der Waals surface area contributed by atoms with Crippen molar-refractivity contribution in [3.8, 4) is 0 Å². The molecule has 0 saturated heterocycles. The Morgan fingerprint density at radius 3 is 2.56 bits per heavy atom. The first-order valence-electron chi connectivity index (χ1n) is 10.0. The lowest BCUT2D eigenvalue weighted by Gasteiger charge is -2.42. The van der Waals surface area contributed by atoms with Crippen LogP contribution in [-0.4, -0.2) is 0 Å². The highest BCUT2D eigenvalue weighted by Gasteiger charge is 2.35. The summed E-state index contributed by atoms with van der Waals surface area (Å²) in [5.41, 5.74) is 1.31. The molecule has 0 aromatic heterocycles. The van der Waals surface area contributed by atoms with Crippen molar-refractivity contribution >= 4 is 10.8 Å². The van der Waals surface area contributed by atoms with Crippen molar-refractivity contribution in [1.82, 2.24) is 0 Å². The van der Waals surface area contributed by atoms with Crippen molar-refractivity contribution in [3.05, 3.63) is 47.5 Å². The monoisotopic (exact) mass is 342 g/mol. The fourth-order valence-electron chi connectivity index (χ4n) is 5.50. The molecule has 2 aromatic rings. The van der Waals surface area contributed by atoms with Gasteiger partial charge in [-0.05, 0) is 72.8 Å². The molecule has 0 amide bonds. The van der Waals surface area contributed by atoms with Gasteiger partial charge in [0, 0.05) is 5.39 Å². The van der Waals surface area contributed by atoms with Gasteiger partial charge in [0.15, 0.2) is 11.6 Å². The molecule has 4 rings (SSSR count). The first-order valence-corrected chi connectivity index (χ1v) is 10.0. The van der Waals surface area contributed by atoms with Gasteiger partial charge in [-0.1, -0.05) is 50.5 Å². The largest absolute Gasteiger partial charge is 0.204 e. The number of hydrogen-bond donors (Lipinski definition) is 0. The van der Waals surface area contributed by atoms with E-state index in [1.165, 1.54) is 63.0 Å². The van der Waals surface area contributed by atoms with Crippen LogP contribution in [0.15, 0.2) is 30.3 Å². The number of rotatable bonds is 3. The van der Waals surface area contributed by atoms with Crippen LogP contribution in [0.4, 0.5) is 8.78 Å². The van der Waals surface area contributed by atoms with Crippen LogP contribution in [0.3, 0.4) is 0 Å². The molecule has 2 fully saturated rings. The molecular formula is C23H28F2. The molecule has 2 heteroatoms. The number of hydrogen-bond acceptors (Lipinski definition) is 0. The van der Waals surface area contributed by atoms with Gasteiger partial charge in [-0.3, -0.25) is 0 Å². The van der Waals surface area contributed by atoms with Crippen LogP contribution in [-0.2, 0) is 0 Å². The fourth-order valence-corrected chi connectivity index (χ4v) is 5.50. The Hall–Kier alpha value is -1.44. The topological polar surface area (TPSA) is 0 Å². The second-order valence-electron chi connectivity index (χ2n) is 8.34. The highest BCUT2D eigenvalue weighted by molar-refractivity contribution is 5.84. The van der Waals surface area contributed by atoms with E-state index in [2.05, 4.69) is 13.0 Å². The summed E-state index contributed by atoms with van der Waals surface area (Å²) in [4.78, 5) is 0. The third-order valence-corrected chi connectivity index (χ3v) is 6.82. The zero-order valence-electron chi connectivity index (χ0n) is 15.1. The Labute approximate surface area is 149 Å². The second kappa shape index (κ2) is 7.05. The van der Waals surface area contributed by atoms with Gasteiger partial charge in [0.1, 0.15) is 0 Å². The van der Waals surface area contributed by atoms with Crippen LogP contribution in [0, 0.1) is 29.4 Å². The molecule has 0 N–H and O–H groups in total. The summed E-state index contributed by atoms with van der Waals surface area (Å²) in [6, 6.07) is 8.84. The molecule has 2 saturated carbocycles. The van der Waals surface area contributed by atoms with Crippen LogP contribution in [0.25, 0.3) is 10.8 Å². The summed E-state index contributed by atoms with van der Waals surface area (Å²) in [6.07, 6.45) is 10.8. The van der Waals surface area contributed by atoms with E-state index in [0.29, 0.717) is 11.3 Å². The van der Waals surface area contributed by atoms with Gasteiger partial charge in [0.25, 0.3) is 0 Å². The molecule has 0 aliphatic heterocycles. The third-order valence-electron chi connectivity index (χ3n) is 6.82. The van der Waals surface area contributed by atoms with E-state index in [-0.39, 0.29) is 0 Å². The second-order valence-corrected chi connectivity index (χ2v) is 8.34. The average molecular weight is 342 g/mol. The minimum atomic E-state index is -0.760. The number of fused-ring (bicyclic) bond motifs is 2. The maximum atomic E-state index is 13.9. The zero-order valence-corrected chi connectivity index (χ0v) is 15.1. The summed E-state index contributed by atoms with van der Waals surface area (Å²) in [6.45, 7) is 2.30. The lowest BCUT2D eigenvalue weighted by molar-refractivity contribution is 0.114. The Balaban J connectivity index is 1.50. The molecule has 2 aromatic carbocycles. The maximum absolute atomic E-state index is 13.9. The molecule has 134 valence electrons. The lowest BCUT2D eigenvalue weighted by atomic mass is 9.63. The Kier molecular flexibility index (Phi) is 4.80. The SMILES string of the molecule is CCC[C@@H]1CC[C@@H]2CC(c3ccc4c(F)c(F)ccc4c3)CCC2C1. The van der Waals surface area contributed by atoms with E-state index in [1.807, 2.05) is 6.07 Å². The Morgan fingerprint density at radius 2 is 1.72 bits per heavy atom. The third kappa shape index (κ3) is 3.32. The molecule has 0 nitrogen and oxygen atoms in total. The summed E-state index contributed by atoms with van der Waals surface area (Å²) in [5.74, 6) is 1.86. The van der Waals surface area contributed by atoms with Crippen LogP contribution in [0.1, 0.15) is 69.8 Å². The molecule has 2 unspecified atom stereocenters. The number of benzene rings is 2. The summed E-state index contributed by atoms with van der Waals surface area (Å²) < 4.78 is 27.3. The van der Waals surface area contributed by atoms with Crippen LogP contribution in [0.5, 0.6) is 0 Å². The van der Waals surface area contributed by atoms with Crippen molar-refractivity contribution in [3.63, 3.8) is 0 Å². The van der Waals surface area contributed by atoms with Gasteiger partial charge < -0.3 is 0 Å². The minimum absolute atomic E-state index is 0.400. The van der Waals surface area contributed by atoms with E-state index in [4.69, 9.17) is 0 Å². The normalized spacial score (nSPS) is 29.6. The molecule has 0 spiro atoms. The molecule has 2 aliphatic carbocycles. The van der Waals surface area contributed by atoms with Crippen molar-refractivity contribution in [2.24, 2.45) is 17.8 Å². The van der Waals surface area contributed by atoms with Crippen LogP contribution >= 0.6 is 0 Å². The smallest absolute Gasteiger partial charge is 0.166 e. The van der Waals surface area contributed by atoms with Gasteiger partial charge in [-0.15, -0.1) is 0 Å². The molecule has 2 aliphatic rings. The summed E-state index contributed by atoms with van der Waals surface area (Å²) >= 11 is 0. The summed E-state index contributed by atoms with van der Waals surface area (Å²) in [5, 5.41) is 1.22. The van der Waals surface area contributed by atoms with Gasteiger partial charge in [0.2, 0.25) is 0 Å². The molecule has 0 radical (unpaired) electrons. The predicted octanol–water partition coefficient (Wildman–Crippen LogP) is 7.22. The maximum Gasteiger partial charge on any atom is 0.166 e. The van der Waals surface area contributed by atoms with Crippen LogP contribution in [0.2, 0.25) is 0 Å². The van der Waals surface area contributed by atoms with Gasteiger partial charge in [0.05, 0.1) is 0 Å². The first-order chi connectivity index (χ1) is 12.2. The molecular weight excluding hydrogens is 314 g/mol. The number of halogens is 2. The molecule has 0 bridgehead atoms. The standard InChI is InChI=1S/C23H28F2/c1-2-3-15-4-5-17-13-18(7-6-16(17)12-15)19-8-10-21-20(14-19)9-11-22(24)23(21)25/h8-11,14-18H,2-7,12-13H2,1H3/t15-,16?,17-,18?/m1/s1. The van der Waals surface area contributed by atoms with Crippen LogP contribution < -0.4 is 0 Å². The van der Waals surface area contributed by atoms with Crippen molar-refractivity contribution in [2.45, 2.75) is 64.2 Å². The molecule has 4 atom stereocenters. The Morgan fingerprint density at radius 1 is 0.920 bits per heavy atom. The van der Waals surface area contributed by atoms with E-state index >= 15 is 0 Å². The summed E-state index contributed by atoms with van der Waals surface area (Å²) in [7, 11) is 0. The molecule has 25 heavy (non-hydrogen) atoms. The zero-order chi connectivity index (χ0) is 17.4. The highest BCUT2D eigenvalue weighted by atomic mass is 19.2. The van der Waals surface area contributed by atoms with Crippen molar-refractivity contribution < 1.29 is 8.78 Å². The lowest BCUT2D eigenvalue weighted by Crippen LogP contribution is -2.30. The van der Waals surface area contributed by atoms with E-state index in [1.54, 1.807) is 12.1 Å². The van der Waals surface area contributed by atoms with E-state index in [0.717, 1.165) is 23.1 Å². The predicted molar refractivity (Wildman–Crippen MR) is 99.7 cm³/mol. The quantitative estimate of drug-likeness (QED) is 0.552. The highest BCUT2D eigenvalue weighted by Crippen LogP contribution is 2.48. The van der Waals surface area contributed by atoms with Gasteiger partial charge in [-0.25, -0.2) is 8.78 Å². The van der Waals surface area contributed by atoms with Gasteiger partial charge >= 0.3 is 0 Å². The first kappa shape index (κ1) is 17.0. The fraction of sp³-hybridized carbons (Fsp3) is 0.565. The average Bonchev–Trinajstić information content (AvgIpc) is 2.64. The van der Waals surface area contributed by atoms with Crippen molar-refractivity contribution in [1.29, 1.82) is 0 Å². The van der Waals surface area contributed by atoms with E-state index in [9.17, 15) is 8.78 Å². The van der Waals surface area contributed by atoms with E-state index < -0.39 is 11.6 Å². The molecule has 0 heterocycles. The van der Waals surface area contributed by atoms with Gasteiger partial charge in [-0.2, -0.15) is 0 Å². The minimum Gasteiger partial charge on any atom is -0.204 e. The Bertz CT molecular complexity index is 751. The van der Waals surface area contributed by atoms with Crippen molar-refractivity contribution in [2.75, 3.05) is 0 Å².